The van der Waals surface area contributed by atoms with Gasteiger partial charge in [-0.3, -0.25) is 4.90 Å². The Morgan fingerprint density at radius 2 is 1.78 bits per heavy atom. The molecule has 1 aliphatic rings. The Hall–Kier alpha value is -2.77. The highest BCUT2D eigenvalue weighted by atomic mass is 19.1. The third-order valence-electron chi connectivity index (χ3n) is 4.67. The summed E-state index contributed by atoms with van der Waals surface area (Å²) in [6.45, 7) is 3.51. The molecule has 1 fully saturated rings. The Morgan fingerprint density at radius 3 is 2.48 bits per heavy atom. The number of hydrogen-bond donors (Lipinski definition) is 1. The van der Waals surface area contributed by atoms with Gasteiger partial charge < -0.3 is 10.5 Å². The molecule has 0 bridgehead atoms. The smallest absolute Gasteiger partial charge is 0.151 e. The van der Waals surface area contributed by atoms with Crippen molar-refractivity contribution in [1.82, 2.24) is 14.7 Å². The number of aromatic nitrogens is 2. The van der Waals surface area contributed by atoms with Crippen LogP contribution in [0.25, 0.3) is 16.8 Å². The Bertz CT molecular complexity index is 937. The van der Waals surface area contributed by atoms with Crippen molar-refractivity contribution in [2.24, 2.45) is 0 Å². The average molecular weight is 370 g/mol. The van der Waals surface area contributed by atoms with Crippen LogP contribution in [0.5, 0.6) is 0 Å². The average Bonchev–Trinajstić information content (AvgIpc) is 2.99. The van der Waals surface area contributed by atoms with Crippen molar-refractivity contribution in [3.63, 3.8) is 0 Å². The summed E-state index contributed by atoms with van der Waals surface area (Å²) in [5, 5.41) is 4.59. The highest BCUT2D eigenvalue weighted by Crippen LogP contribution is 2.33. The van der Waals surface area contributed by atoms with Crippen molar-refractivity contribution < 1.29 is 13.5 Å². The normalized spacial score (nSPS) is 15.2. The van der Waals surface area contributed by atoms with Gasteiger partial charge in [0.05, 0.1) is 18.9 Å². The summed E-state index contributed by atoms with van der Waals surface area (Å²) in [4.78, 5) is 2.23. The molecule has 0 spiro atoms. The van der Waals surface area contributed by atoms with E-state index in [2.05, 4.69) is 10.00 Å². The van der Waals surface area contributed by atoms with Crippen molar-refractivity contribution in [2.75, 3.05) is 32.0 Å². The molecule has 2 N–H and O–H groups in total. The molecule has 1 aromatic heterocycles. The van der Waals surface area contributed by atoms with Gasteiger partial charge in [-0.15, -0.1) is 0 Å². The molecule has 27 heavy (non-hydrogen) atoms. The number of ether oxygens (including phenoxy) is 1. The summed E-state index contributed by atoms with van der Waals surface area (Å²) in [7, 11) is 0. The molecule has 4 rings (SSSR count). The number of hydrogen-bond acceptors (Lipinski definition) is 4. The second-order valence-electron chi connectivity index (χ2n) is 6.47. The Balaban J connectivity index is 1.81. The Labute approximate surface area is 156 Å². The van der Waals surface area contributed by atoms with Crippen LogP contribution in [0.1, 0.15) is 5.69 Å². The largest absolute Gasteiger partial charge is 0.383 e. The molecule has 1 saturated heterocycles. The van der Waals surface area contributed by atoms with Crippen LogP contribution in [0.15, 0.2) is 48.5 Å². The van der Waals surface area contributed by atoms with Gasteiger partial charge in [0.25, 0.3) is 0 Å². The number of nitrogens with two attached hydrogens (primary N) is 1. The zero-order chi connectivity index (χ0) is 18.8. The van der Waals surface area contributed by atoms with E-state index in [4.69, 9.17) is 10.5 Å². The summed E-state index contributed by atoms with van der Waals surface area (Å²) >= 11 is 0. The van der Waals surface area contributed by atoms with E-state index in [1.807, 2.05) is 30.3 Å². The van der Waals surface area contributed by atoms with Crippen LogP contribution in [0.4, 0.5) is 14.6 Å². The van der Waals surface area contributed by atoms with Crippen molar-refractivity contribution in [3.8, 4) is 16.8 Å². The van der Waals surface area contributed by atoms with E-state index in [9.17, 15) is 8.78 Å². The summed E-state index contributed by atoms with van der Waals surface area (Å²) in [6.07, 6.45) is 0. The number of rotatable bonds is 4. The van der Waals surface area contributed by atoms with Gasteiger partial charge in [-0.1, -0.05) is 30.3 Å². The maximum Gasteiger partial charge on any atom is 0.151 e. The first-order chi connectivity index (χ1) is 13.1. The molecule has 0 unspecified atom stereocenters. The molecule has 1 aliphatic heterocycles. The minimum Gasteiger partial charge on any atom is -0.383 e. The molecule has 0 saturated carbocycles. The van der Waals surface area contributed by atoms with Crippen LogP contribution in [-0.4, -0.2) is 41.0 Å². The molecule has 0 aliphatic carbocycles. The maximum atomic E-state index is 14.3. The predicted octanol–water partition coefficient (Wildman–Crippen LogP) is 3.23. The first-order valence-corrected chi connectivity index (χ1v) is 8.82. The van der Waals surface area contributed by atoms with E-state index < -0.39 is 11.6 Å². The van der Waals surface area contributed by atoms with E-state index >= 15 is 0 Å². The summed E-state index contributed by atoms with van der Waals surface area (Å²) < 4.78 is 34.4. The SMILES string of the molecule is Nc1c(-c2ccccc2)c(CN2CCOCC2)nn1-c1ccc(F)cc1F. The summed E-state index contributed by atoms with van der Waals surface area (Å²) in [6, 6.07) is 13.0. The standard InChI is InChI=1S/C20H20F2N4O/c21-15-6-7-18(16(22)12-15)26-20(23)19(14-4-2-1-3-5-14)17(24-26)13-25-8-10-27-11-9-25/h1-7,12H,8-11,13,23H2. The molecule has 7 heteroatoms. The van der Waals surface area contributed by atoms with E-state index in [1.54, 1.807) is 0 Å². The molecule has 0 amide bonds. The second-order valence-corrected chi connectivity index (χ2v) is 6.47. The summed E-state index contributed by atoms with van der Waals surface area (Å²) in [5.74, 6) is -1.02. The van der Waals surface area contributed by atoms with Gasteiger partial charge in [-0.2, -0.15) is 5.10 Å². The van der Waals surface area contributed by atoms with Crippen LogP contribution in [-0.2, 0) is 11.3 Å². The first-order valence-electron chi connectivity index (χ1n) is 8.82. The summed E-state index contributed by atoms with van der Waals surface area (Å²) in [5.41, 5.74) is 8.93. The number of morpholine rings is 1. The van der Waals surface area contributed by atoms with Gasteiger partial charge >= 0.3 is 0 Å². The molecule has 2 aromatic carbocycles. The fourth-order valence-corrected chi connectivity index (χ4v) is 3.32. The van der Waals surface area contributed by atoms with Gasteiger partial charge in [-0.05, 0) is 17.7 Å². The second kappa shape index (κ2) is 7.46. The van der Waals surface area contributed by atoms with Crippen molar-refractivity contribution in [3.05, 3.63) is 65.9 Å². The number of nitrogen functional groups attached to an aromatic ring is 1. The molecule has 2 heterocycles. The van der Waals surface area contributed by atoms with E-state index in [0.29, 0.717) is 25.6 Å². The van der Waals surface area contributed by atoms with Gasteiger partial charge in [-0.25, -0.2) is 13.5 Å². The number of benzene rings is 2. The Morgan fingerprint density at radius 1 is 1.04 bits per heavy atom. The van der Waals surface area contributed by atoms with Crippen LogP contribution in [0.2, 0.25) is 0 Å². The lowest BCUT2D eigenvalue weighted by molar-refractivity contribution is 0.0337. The molecule has 0 radical (unpaired) electrons. The van der Waals surface area contributed by atoms with Crippen molar-refractivity contribution in [2.45, 2.75) is 6.54 Å². The Kier molecular flexibility index (Phi) is 4.87. The highest BCUT2D eigenvalue weighted by Gasteiger charge is 2.22. The zero-order valence-electron chi connectivity index (χ0n) is 14.7. The zero-order valence-corrected chi connectivity index (χ0v) is 14.7. The van der Waals surface area contributed by atoms with Crippen molar-refractivity contribution in [1.29, 1.82) is 0 Å². The quantitative estimate of drug-likeness (QED) is 0.766. The number of nitrogens with zero attached hydrogens (tertiary/aromatic N) is 3. The number of halogens is 2. The predicted molar refractivity (Wildman–Crippen MR) is 99.4 cm³/mol. The third-order valence-corrected chi connectivity index (χ3v) is 4.67. The molecule has 0 atom stereocenters. The first kappa shape index (κ1) is 17.6. The minimum atomic E-state index is -0.707. The van der Waals surface area contributed by atoms with Gasteiger partial charge in [0.15, 0.2) is 5.82 Å². The fourth-order valence-electron chi connectivity index (χ4n) is 3.32. The monoisotopic (exact) mass is 370 g/mol. The molecular formula is C20H20F2N4O. The van der Waals surface area contributed by atoms with Crippen molar-refractivity contribution >= 4 is 5.82 Å². The minimum absolute atomic E-state index is 0.124. The van der Waals surface area contributed by atoms with E-state index in [-0.39, 0.29) is 5.69 Å². The lowest BCUT2D eigenvalue weighted by Crippen LogP contribution is -2.35. The van der Waals surface area contributed by atoms with E-state index in [1.165, 1.54) is 16.8 Å². The topological polar surface area (TPSA) is 56.3 Å². The van der Waals surface area contributed by atoms with Gasteiger partial charge in [0.2, 0.25) is 0 Å². The van der Waals surface area contributed by atoms with Crippen LogP contribution >= 0.6 is 0 Å². The van der Waals surface area contributed by atoms with Gasteiger partial charge in [0, 0.05) is 31.3 Å². The molecular weight excluding hydrogens is 350 g/mol. The van der Waals surface area contributed by atoms with E-state index in [0.717, 1.165) is 36.0 Å². The van der Waals surface area contributed by atoms with Crippen LogP contribution in [0.3, 0.4) is 0 Å². The molecule has 140 valence electrons. The maximum absolute atomic E-state index is 14.3. The molecule has 3 aromatic rings. The number of anilines is 1. The van der Waals surface area contributed by atoms with Gasteiger partial charge in [0.1, 0.15) is 17.3 Å². The van der Waals surface area contributed by atoms with Crippen LogP contribution in [0, 0.1) is 11.6 Å². The third kappa shape index (κ3) is 3.56. The molecule has 5 nitrogen and oxygen atoms in total. The van der Waals surface area contributed by atoms with Crippen LogP contribution < -0.4 is 5.73 Å². The lowest BCUT2D eigenvalue weighted by atomic mass is 10.0. The fraction of sp³-hybridized carbons (Fsp3) is 0.250. The highest BCUT2D eigenvalue weighted by molar-refractivity contribution is 5.77. The lowest BCUT2D eigenvalue weighted by Gasteiger charge is -2.26.